The Balaban J connectivity index is 1.55. The number of nitrogens with one attached hydrogen (secondary N) is 1. The summed E-state index contributed by atoms with van der Waals surface area (Å²) >= 11 is 0. The van der Waals surface area contributed by atoms with Gasteiger partial charge in [-0.05, 0) is 25.0 Å². The molecular formula is C17H24N4O3. The Kier molecular flexibility index (Phi) is 5.20. The van der Waals surface area contributed by atoms with Crippen LogP contribution < -0.4 is 16.0 Å². The Morgan fingerprint density at radius 2 is 1.96 bits per heavy atom. The van der Waals surface area contributed by atoms with Crippen molar-refractivity contribution in [2.75, 3.05) is 37.7 Å². The molecule has 0 unspecified atom stereocenters. The molecular weight excluding hydrogens is 308 g/mol. The third kappa shape index (κ3) is 3.97. The van der Waals surface area contributed by atoms with E-state index in [9.17, 15) is 9.59 Å². The zero-order chi connectivity index (χ0) is 16.9. The van der Waals surface area contributed by atoms with Crippen molar-refractivity contribution < 1.29 is 14.3 Å². The van der Waals surface area contributed by atoms with E-state index in [1.165, 1.54) is 5.69 Å². The normalized spacial score (nSPS) is 24.5. The molecule has 2 fully saturated rings. The number of urea groups is 1. The first-order chi connectivity index (χ1) is 11.6. The largest absolute Gasteiger partial charge is 0.369 e. The number of amides is 3. The van der Waals surface area contributed by atoms with Crippen LogP contribution in [0.4, 0.5) is 10.5 Å². The van der Waals surface area contributed by atoms with Crippen molar-refractivity contribution in [1.29, 1.82) is 0 Å². The van der Waals surface area contributed by atoms with Crippen LogP contribution in [0, 0.1) is 0 Å². The van der Waals surface area contributed by atoms with Gasteiger partial charge in [0, 0.05) is 31.4 Å². The number of hydrogen-bond donors (Lipinski definition) is 2. The third-order valence-electron chi connectivity index (χ3n) is 4.54. The summed E-state index contributed by atoms with van der Waals surface area (Å²) < 4.78 is 5.28. The first kappa shape index (κ1) is 16.6. The van der Waals surface area contributed by atoms with Crippen molar-refractivity contribution in [2.24, 2.45) is 5.73 Å². The molecule has 3 N–H and O–H groups in total. The smallest absolute Gasteiger partial charge is 0.317 e. The van der Waals surface area contributed by atoms with Crippen LogP contribution in [-0.4, -0.2) is 61.8 Å². The molecule has 2 aliphatic rings. The molecule has 24 heavy (non-hydrogen) atoms. The summed E-state index contributed by atoms with van der Waals surface area (Å²) in [4.78, 5) is 27.6. The first-order valence-electron chi connectivity index (χ1n) is 8.40. The number of nitrogens with two attached hydrogens (primary N) is 1. The van der Waals surface area contributed by atoms with Gasteiger partial charge in [0.05, 0.1) is 13.2 Å². The maximum Gasteiger partial charge on any atom is 0.317 e. The lowest BCUT2D eigenvalue weighted by Gasteiger charge is -2.37. The minimum Gasteiger partial charge on any atom is -0.369 e. The van der Waals surface area contributed by atoms with Crippen molar-refractivity contribution in [3.8, 4) is 0 Å². The standard InChI is InChI=1S/C17H24N4O3/c18-16(22)15-12-21(9-10-24-15)17(23)19-13-5-4-8-20(11-13)14-6-2-1-3-7-14/h1-3,6-7,13,15H,4-5,8-12H2,(H2,18,22)(H,19,23)/t13-,15-/m1/s1. The van der Waals surface area contributed by atoms with Gasteiger partial charge in [0.1, 0.15) is 0 Å². The summed E-state index contributed by atoms with van der Waals surface area (Å²) in [6, 6.07) is 10.2. The Bertz CT molecular complexity index is 580. The summed E-state index contributed by atoms with van der Waals surface area (Å²) in [7, 11) is 0. The second-order valence-corrected chi connectivity index (χ2v) is 6.28. The molecule has 2 aliphatic heterocycles. The van der Waals surface area contributed by atoms with Crippen LogP contribution in [0.3, 0.4) is 0 Å². The van der Waals surface area contributed by atoms with E-state index in [2.05, 4.69) is 22.3 Å². The highest BCUT2D eigenvalue weighted by molar-refractivity contribution is 5.81. The highest BCUT2D eigenvalue weighted by atomic mass is 16.5. The molecule has 3 rings (SSSR count). The van der Waals surface area contributed by atoms with Crippen molar-refractivity contribution in [3.05, 3.63) is 30.3 Å². The Hall–Kier alpha value is -2.28. The van der Waals surface area contributed by atoms with E-state index < -0.39 is 12.0 Å². The van der Waals surface area contributed by atoms with Crippen LogP contribution in [0.5, 0.6) is 0 Å². The molecule has 7 heteroatoms. The maximum atomic E-state index is 12.5. The van der Waals surface area contributed by atoms with Gasteiger partial charge in [-0.3, -0.25) is 4.79 Å². The van der Waals surface area contributed by atoms with Gasteiger partial charge >= 0.3 is 6.03 Å². The van der Waals surface area contributed by atoms with E-state index in [-0.39, 0.29) is 18.6 Å². The topological polar surface area (TPSA) is 87.9 Å². The quantitative estimate of drug-likeness (QED) is 0.846. The molecule has 2 saturated heterocycles. The summed E-state index contributed by atoms with van der Waals surface area (Å²) in [6.45, 7) is 2.82. The molecule has 2 atom stereocenters. The van der Waals surface area contributed by atoms with Gasteiger partial charge in [0.2, 0.25) is 5.91 Å². The van der Waals surface area contributed by atoms with Crippen molar-refractivity contribution in [1.82, 2.24) is 10.2 Å². The molecule has 3 amide bonds. The molecule has 0 aromatic heterocycles. The highest BCUT2D eigenvalue weighted by Gasteiger charge is 2.29. The predicted octanol–water partition coefficient (Wildman–Crippen LogP) is 0.551. The number of benzene rings is 1. The molecule has 0 spiro atoms. The lowest BCUT2D eigenvalue weighted by atomic mass is 10.0. The molecule has 1 aromatic carbocycles. The Labute approximate surface area is 141 Å². The van der Waals surface area contributed by atoms with E-state index in [1.807, 2.05) is 18.2 Å². The minimum atomic E-state index is -0.711. The van der Waals surface area contributed by atoms with Crippen LogP contribution in [0.1, 0.15) is 12.8 Å². The number of rotatable bonds is 3. The van der Waals surface area contributed by atoms with Gasteiger partial charge in [-0.25, -0.2) is 4.79 Å². The molecule has 0 saturated carbocycles. The summed E-state index contributed by atoms with van der Waals surface area (Å²) in [5.74, 6) is -0.527. The molecule has 1 aromatic rings. The van der Waals surface area contributed by atoms with Gasteiger partial charge in [0.15, 0.2) is 6.10 Å². The summed E-state index contributed by atoms with van der Waals surface area (Å²) in [5, 5.41) is 3.09. The van der Waals surface area contributed by atoms with Crippen molar-refractivity contribution in [3.63, 3.8) is 0 Å². The maximum absolute atomic E-state index is 12.5. The molecule has 7 nitrogen and oxygen atoms in total. The number of morpholine rings is 1. The number of piperidine rings is 1. The second kappa shape index (κ2) is 7.53. The van der Waals surface area contributed by atoms with Crippen LogP contribution in [-0.2, 0) is 9.53 Å². The average molecular weight is 332 g/mol. The van der Waals surface area contributed by atoms with Crippen LogP contribution in [0.25, 0.3) is 0 Å². The summed E-state index contributed by atoms with van der Waals surface area (Å²) in [5.41, 5.74) is 6.44. The SMILES string of the molecule is NC(=O)[C@H]1CN(C(=O)N[C@@H]2CCCN(c3ccccc3)C2)CCO1. The molecule has 130 valence electrons. The number of carbonyl (C=O) groups excluding carboxylic acids is 2. The van der Waals surface area contributed by atoms with Crippen LogP contribution >= 0.6 is 0 Å². The van der Waals surface area contributed by atoms with Gasteiger partial charge < -0.3 is 25.6 Å². The number of hydrogen-bond acceptors (Lipinski definition) is 4. The monoisotopic (exact) mass is 332 g/mol. The number of primary amides is 1. The van der Waals surface area contributed by atoms with E-state index in [1.54, 1.807) is 4.90 Å². The first-order valence-corrected chi connectivity index (χ1v) is 8.40. The second-order valence-electron chi connectivity index (χ2n) is 6.28. The van der Waals surface area contributed by atoms with E-state index >= 15 is 0 Å². The third-order valence-corrected chi connectivity index (χ3v) is 4.54. The number of ether oxygens (including phenoxy) is 1. The lowest BCUT2D eigenvalue weighted by molar-refractivity contribution is -0.133. The fourth-order valence-corrected chi connectivity index (χ4v) is 3.24. The lowest BCUT2D eigenvalue weighted by Crippen LogP contribution is -2.56. The van der Waals surface area contributed by atoms with Crippen LogP contribution in [0.2, 0.25) is 0 Å². The number of para-hydroxylation sites is 1. The van der Waals surface area contributed by atoms with E-state index in [4.69, 9.17) is 10.5 Å². The summed E-state index contributed by atoms with van der Waals surface area (Å²) in [6.07, 6.45) is 1.28. The van der Waals surface area contributed by atoms with Gasteiger partial charge in [-0.2, -0.15) is 0 Å². The number of nitrogens with zero attached hydrogens (tertiary/aromatic N) is 2. The van der Waals surface area contributed by atoms with Gasteiger partial charge in [0.25, 0.3) is 0 Å². The number of anilines is 1. The van der Waals surface area contributed by atoms with Crippen molar-refractivity contribution >= 4 is 17.6 Å². The van der Waals surface area contributed by atoms with Gasteiger partial charge in [-0.15, -0.1) is 0 Å². The van der Waals surface area contributed by atoms with Gasteiger partial charge in [-0.1, -0.05) is 18.2 Å². The van der Waals surface area contributed by atoms with E-state index in [0.717, 1.165) is 25.9 Å². The van der Waals surface area contributed by atoms with Crippen molar-refractivity contribution in [2.45, 2.75) is 25.0 Å². The molecule has 0 aliphatic carbocycles. The van der Waals surface area contributed by atoms with E-state index in [0.29, 0.717) is 13.2 Å². The Morgan fingerprint density at radius 3 is 2.71 bits per heavy atom. The minimum absolute atomic E-state index is 0.0985. The Morgan fingerprint density at radius 1 is 1.17 bits per heavy atom. The molecule has 2 heterocycles. The molecule has 0 bridgehead atoms. The fraction of sp³-hybridized carbons (Fsp3) is 0.529. The highest BCUT2D eigenvalue weighted by Crippen LogP contribution is 2.19. The zero-order valence-corrected chi connectivity index (χ0v) is 13.7. The predicted molar refractivity (Wildman–Crippen MR) is 90.7 cm³/mol. The molecule has 0 radical (unpaired) electrons. The fourth-order valence-electron chi connectivity index (χ4n) is 3.24. The van der Waals surface area contributed by atoms with Crippen LogP contribution in [0.15, 0.2) is 30.3 Å². The zero-order valence-electron chi connectivity index (χ0n) is 13.7. The average Bonchev–Trinajstić information content (AvgIpc) is 2.63. The number of carbonyl (C=O) groups is 2.